The first-order chi connectivity index (χ1) is 11.6. The Labute approximate surface area is 175 Å². The van der Waals surface area contributed by atoms with Gasteiger partial charge in [-0.3, -0.25) is 9.78 Å². The van der Waals surface area contributed by atoms with Crippen molar-refractivity contribution in [3.8, 4) is 0 Å². The number of aryl methyl sites for hydroxylation is 1. The number of aromatic nitrogens is 1. The van der Waals surface area contributed by atoms with Crippen molar-refractivity contribution in [3.05, 3.63) is 40.0 Å². The molecular formula is C19H24BrCl2N3O. The van der Waals surface area contributed by atoms with Crippen LogP contribution in [0.15, 0.2) is 28.7 Å². The number of hydrogen-bond acceptors (Lipinski definition) is 3. The highest BCUT2D eigenvalue weighted by Gasteiger charge is 2.38. The number of nitrogens with one attached hydrogen (secondary N) is 1. The standard InChI is InChI=1S/C19H22BrN3O.2ClH/c1-13-10-16(15-3-2-14(20)11-17(15)22-13)18(24)23-8-5-19(6-9-23)4-7-21-12-19;;/h2-3,10-11,21H,4-9,12H2,1H3;2*1H. The molecular weight excluding hydrogens is 437 g/mol. The molecule has 26 heavy (non-hydrogen) atoms. The van der Waals surface area contributed by atoms with Gasteiger partial charge in [0, 0.05) is 35.2 Å². The van der Waals surface area contributed by atoms with Gasteiger partial charge in [0.2, 0.25) is 0 Å². The molecule has 1 aromatic carbocycles. The Morgan fingerprint density at radius 3 is 2.58 bits per heavy atom. The number of benzene rings is 1. The molecule has 4 rings (SSSR count). The first-order valence-corrected chi connectivity index (χ1v) is 9.43. The lowest BCUT2D eigenvalue weighted by molar-refractivity contribution is 0.0609. The van der Waals surface area contributed by atoms with Crippen molar-refractivity contribution in [2.45, 2.75) is 26.2 Å². The number of rotatable bonds is 1. The molecule has 1 aromatic heterocycles. The van der Waals surface area contributed by atoms with Crippen molar-refractivity contribution in [2.75, 3.05) is 26.2 Å². The smallest absolute Gasteiger partial charge is 0.254 e. The van der Waals surface area contributed by atoms with E-state index >= 15 is 0 Å². The van der Waals surface area contributed by atoms with Gasteiger partial charge in [0.15, 0.2) is 0 Å². The highest BCUT2D eigenvalue weighted by molar-refractivity contribution is 9.10. The molecule has 0 unspecified atom stereocenters. The van der Waals surface area contributed by atoms with Gasteiger partial charge < -0.3 is 10.2 Å². The summed E-state index contributed by atoms with van der Waals surface area (Å²) in [6.45, 7) is 5.91. The topological polar surface area (TPSA) is 45.2 Å². The molecule has 0 atom stereocenters. The monoisotopic (exact) mass is 459 g/mol. The van der Waals surface area contributed by atoms with Crippen LogP contribution in [0.4, 0.5) is 0 Å². The molecule has 0 aliphatic carbocycles. The van der Waals surface area contributed by atoms with E-state index in [-0.39, 0.29) is 30.7 Å². The normalized spacial score (nSPS) is 18.5. The first kappa shape index (κ1) is 21.4. The molecule has 3 heterocycles. The number of likely N-dealkylation sites (tertiary alicyclic amines) is 1. The predicted octanol–water partition coefficient (Wildman–Crippen LogP) is 4.37. The Balaban J connectivity index is 0.00000121. The van der Waals surface area contributed by atoms with Gasteiger partial charge in [-0.15, -0.1) is 24.8 Å². The van der Waals surface area contributed by atoms with Gasteiger partial charge in [-0.05, 0) is 56.3 Å². The second-order valence-electron chi connectivity index (χ2n) is 7.19. The SMILES string of the molecule is Cc1cc(C(=O)N2CCC3(CCNC3)CC2)c2ccc(Br)cc2n1.Cl.Cl. The minimum atomic E-state index is 0. The number of halogens is 3. The fourth-order valence-electron chi connectivity index (χ4n) is 4.09. The van der Waals surface area contributed by atoms with E-state index < -0.39 is 0 Å². The number of carbonyl (C=O) groups is 1. The third-order valence-corrected chi connectivity index (χ3v) is 6.07. The lowest BCUT2D eigenvalue weighted by atomic mass is 9.77. The zero-order chi connectivity index (χ0) is 16.7. The summed E-state index contributed by atoms with van der Waals surface area (Å²) in [5, 5.41) is 4.42. The van der Waals surface area contributed by atoms with E-state index in [0.29, 0.717) is 5.41 Å². The molecule has 1 N–H and O–H groups in total. The lowest BCUT2D eigenvalue weighted by Gasteiger charge is -2.39. The number of pyridine rings is 1. The molecule has 1 spiro atoms. The molecule has 0 radical (unpaired) electrons. The summed E-state index contributed by atoms with van der Waals surface area (Å²) in [5.74, 6) is 0.147. The maximum atomic E-state index is 13.1. The van der Waals surface area contributed by atoms with Gasteiger partial charge >= 0.3 is 0 Å². The minimum Gasteiger partial charge on any atom is -0.339 e. The van der Waals surface area contributed by atoms with Crippen LogP contribution in [-0.4, -0.2) is 42.0 Å². The maximum Gasteiger partial charge on any atom is 0.254 e. The fraction of sp³-hybridized carbons (Fsp3) is 0.474. The van der Waals surface area contributed by atoms with Crippen LogP contribution in [0.25, 0.3) is 10.9 Å². The van der Waals surface area contributed by atoms with Gasteiger partial charge in [-0.25, -0.2) is 0 Å². The summed E-state index contributed by atoms with van der Waals surface area (Å²) >= 11 is 3.49. The van der Waals surface area contributed by atoms with Crippen LogP contribution in [0.1, 0.15) is 35.3 Å². The summed E-state index contributed by atoms with van der Waals surface area (Å²) in [6, 6.07) is 7.88. The average molecular weight is 461 g/mol. The molecule has 4 nitrogen and oxygen atoms in total. The Hall–Kier alpha value is -0.880. The molecule has 0 bridgehead atoms. The van der Waals surface area contributed by atoms with Crippen molar-refractivity contribution in [3.63, 3.8) is 0 Å². The van der Waals surface area contributed by atoms with Crippen LogP contribution in [0.5, 0.6) is 0 Å². The quantitative estimate of drug-likeness (QED) is 0.687. The summed E-state index contributed by atoms with van der Waals surface area (Å²) in [6.07, 6.45) is 3.47. The highest BCUT2D eigenvalue weighted by atomic mass is 79.9. The van der Waals surface area contributed by atoms with Gasteiger partial charge in [0.25, 0.3) is 5.91 Å². The molecule has 2 aromatic rings. The number of hydrogen-bond donors (Lipinski definition) is 1. The average Bonchev–Trinajstić information content (AvgIpc) is 3.02. The van der Waals surface area contributed by atoms with Gasteiger partial charge in [-0.1, -0.05) is 22.0 Å². The summed E-state index contributed by atoms with van der Waals surface area (Å²) in [7, 11) is 0. The molecule has 0 saturated carbocycles. The zero-order valence-corrected chi connectivity index (χ0v) is 18.0. The zero-order valence-electron chi connectivity index (χ0n) is 14.8. The Kier molecular flexibility index (Phi) is 6.94. The van der Waals surface area contributed by atoms with Gasteiger partial charge in [0.05, 0.1) is 11.1 Å². The second-order valence-corrected chi connectivity index (χ2v) is 8.11. The third kappa shape index (κ3) is 4.01. The third-order valence-electron chi connectivity index (χ3n) is 5.57. The van der Waals surface area contributed by atoms with E-state index in [4.69, 9.17) is 0 Å². The summed E-state index contributed by atoms with van der Waals surface area (Å²) in [4.78, 5) is 19.7. The molecule has 1 amide bonds. The van der Waals surface area contributed by atoms with Gasteiger partial charge in [-0.2, -0.15) is 0 Å². The van der Waals surface area contributed by atoms with E-state index in [1.807, 2.05) is 36.1 Å². The molecule has 2 aliphatic rings. The molecule has 2 fully saturated rings. The molecule has 2 aliphatic heterocycles. The first-order valence-electron chi connectivity index (χ1n) is 8.63. The Morgan fingerprint density at radius 2 is 1.92 bits per heavy atom. The summed E-state index contributed by atoms with van der Waals surface area (Å²) in [5.41, 5.74) is 2.97. The van der Waals surface area contributed by atoms with Crippen LogP contribution < -0.4 is 5.32 Å². The second kappa shape index (κ2) is 8.42. The number of amides is 1. The van der Waals surface area contributed by atoms with Crippen LogP contribution >= 0.6 is 40.7 Å². The van der Waals surface area contributed by atoms with E-state index in [1.54, 1.807) is 0 Å². The Morgan fingerprint density at radius 1 is 1.19 bits per heavy atom. The molecule has 7 heteroatoms. The van der Waals surface area contributed by atoms with E-state index in [0.717, 1.165) is 65.7 Å². The van der Waals surface area contributed by atoms with Crippen molar-refractivity contribution in [2.24, 2.45) is 5.41 Å². The highest BCUT2D eigenvalue weighted by Crippen LogP contribution is 2.37. The van der Waals surface area contributed by atoms with Crippen molar-refractivity contribution in [1.29, 1.82) is 0 Å². The predicted molar refractivity (Wildman–Crippen MR) is 114 cm³/mol. The van der Waals surface area contributed by atoms with E-state index in [1.165, 1.54) is 6.42 Å². The number of piperidine rings is 1. The minimum absolute atomic E-state index is 0. The van der Waals surface area contributed by atoms with Crippen LogP contribution in [0.2, 0.25) is 0 Å². The number of nitrogens with zero attached hydrogens (tertiary/aromatic N) is 2. The van der Waals surface area contributed by atoms with Crippen LogP contribution in [0.3, 0.4) is 0 Å². The van der Waals surface area contributed by atoms with Gasteiger partial charge in [0.1, 0.15) is 0 Å². The molecule has 142 valence electrons. The van der Waals surface area contributed by atoms with Crippen molar-refractivity contribution >= 4 is 57.6 Å². The number of fused-ring (bicyclic) bond motifs is 1. The lowest BCUT2D eigenvalue weighted by Crippen LogP contribution is -2.44. The van der Waals surface area contributed by atoms with E-state index in [2.05, 4.69) is 26.2 Å². The van der Waals surface area contributed by atoms with Crippen molar-refractivity contribution in [1.82, 2.24) is 15.2 Å². The molecule has 2 saturated heterocycles. The van der Waals surface area contributed by atoms with E-state index in [9.17, 15) is 4.79 Å². The fourth-order valence-corrected chi connectivity index (χ4v) is 4.44. The van der Waals surface area contributed by atoms with Crippen LogP contribution in [-0.2, 0) is 0 Å². The largest absolute Gasteiger partial charge is 0.339 e. The van der Waals surface area contributed by atoms with Crippen LogP contribution in [0, 0.1) is 12.3 Å². The summed E-state index contributed by atoms with van der Waals surface area (Å²) < 4.78 is 0.986. The Bertz CT molecular complexity index is 793. The number of carbonyl (C=O) groups excluding carboxylic acids is 1. The van der Waals surface area contributed by atoms with Crippen molar-refractivity contribution < 1.29 is 4.79 Å². The maximum absolute atomic E-state index is 13.1.